The third-order valence-corrected chi connectivity index (χ3v) is 9.04. The van der Waals surface area contributed by atoms with E-state index in [1.54, 1.807) is 23.1 Å². The minimum absolute atomic E-state index is 0.0718. The topological polar surface area (TPSA) is 33.4 Å². The van der Waals surface area contributed by atoms with Crippen LogP contribution in [0.4, 0.5) is 0 Å². The highest BCUT2D eigenvalue weighted by Crippen LogP contribution is 2.54. The number of rotatable bonds is 1. The highest BCUT2D eigenvalue weighted by atomic mass is 127. The van der Waals surface area contributed by atoms with Gasteiger partial charge in [0.15, 0.2) is 0 Å². The Morgan fingerprint density at radius 3 is 2.76 bits per heavy atom. The van der Waals surface area contributed by atoms with Crippen LogP contribution >= 0.6 is 68.3 Å². The second kappa shape index (κ2) is 6.90. The fourth-order valence-electron chi connectivity index (χ4n) is 3.98. The van der Waals surface area contributed by atoms with Gasteiger partial charge in [-0.05, 0) is 110 Å². The van der Waals surface area contributed by atoms with Gasteiger partial charge in [-0.15, -0.1) is 23.1 Å². The van der Waals surface area contributed by atoms with E-state index in [0.29, 0.717) is 5.75 Å². The van der Waals surface area contributed by atoms with Crippen LogP contribution in [0.1, 0.15) is 21.9 Å². The number of hydrogen-bond acceptors (Lipinski definition) is 4. The summed E-state index contributed by atoms with van der Waals surface area (Å²) in [5.41, 5.74) is 6.56. The van der Waals surface area contributed by atoms with Crippen LogP contribution in [0.2, 0.25) is 0 Å². The molecule has 3 heterocycles. The molecule has 142 valence electrons. The molecule has 2 aliphatic heterocycles. The van der Waals surface area contributed by atoms with Crippen molar-refractivity contribution in [2.24, 2.45) is 0 Å². The lowest BCUT2D eigenvalue weighted by molar-refractivity contribution is 0.465. The van der Waals surface area contributed by atoms with E-state index < -0.39 is 0 Å². The van der Waals surface area contributed by atoms with Crippen LogP contribution in [0.15, 0.2) is 58.4 Å². The molecule has 29 heavy (non-hydrogen) atoms. The van der Waals surface area contributed by atoms with E-state index in [2.05, 4.69) is 87.0 Å². The maximum absolute atomic E-state index is 10.8. The molecule has 0 spiro atoms. The maximum atomic E-state index is 10.8. The number of para-hydroxylation sites is 1. The molecule has 6 rings (SSSR count). The van der Waals surface area contributed by atoms with Gasteiger partial charge in [0.25, 0.3) is 0 Å². The summed E-state index contributed by atoms with van der Waals surface area (Å²) in [6.07, 6.45) is 2.18. The predicted molar refractivity (Wildman–Crippen MR) is 140 cm³/mol. The molecule has 3 aromatic rings. The van der Waals surface area contributed by atoms with Gasteiger partial charge in [0, 0.05) is 19.4 Å². The standard InChI is InChI=1S/C23H12I2O2S2/c24-13-9-15(20(26)16(25)10-13)23-19-11(5-6-28-23)7-12-8-18-22(29-21(12)19)14-3-1-2-4-17(14)27-18/h1-10,23,26H. The van der Waals surface area contributed by atoms with E-state index in [4.69, 9.17) is 4.42 Å². The van der Waals surface area contributed by atoms with Crippen molar-refractivity contribution in [2.75, 3.05) is 0 Å². The molecule has 2 nitrogen and oxygen atoms in total. The number of phenolic OH excluding ortho intramolecular Hbond substituents is 1. The summed E-state index contributed by atoms with van der Waals surface area (Å²) in [5, 5.41) is 14.2. The average Bonchev–Trinajstić information content (AvgIpc) is 3.26. The van der Waals surface area contributed by atoms with Crippen molar-refractivity contribution < 1.29 is 9.52 Å². The Morgan fingerprint density at radius 2 is 1.86 bits per heavy atom. The third-order valence-electron chi connectivity index (χ3n) is 5.26. The molecule has 6 heteroatoms. The molecule has 0 amide bonds. The molecule has 1 unspecified atom stereocenters. The Balaban J connectivity index is 1.65. The minimum atomic E-state index is 0.0718. The Bertz CT molecular complexity index is 1430. The van der Waals surface area contributed by atoms with Crippen molar-refractivity contribution >= 4 is 95.6 Å². The van der Waals surface area contributed by atoms with Gasteiger partial charge in [-0.2, -0.15) is 0 Å². The molecular weight excluding hydrogens is 626 g/mol. The first-order valence-corrected chi connectivity index (χ1v) is 12.9. The number of thioether (sulfide) groups is 1. The van der Waals surface area contributed by atoms with Crippen LogP contribution in [0, 0.1) is 7.14 Å². The summed E-state index contributed by atoms with van der Waals surface area (Å²) in [5.74, 6) is 0.388. The van der Waals surface area contributed by atoms with Crippen LogP contribution in [-0.2, 0) is 0 Å². The Morgan fingerprint density at radius 1 is 1.00 bits per heavy atom. The van der Waals surface area contributed by atoms with Gasteiger partial charge in [-0.1, -0.05) is 12.1 Å². The van der Waals surface area contributed by atoms with Gasteiger partial charge in [0.2, 0.25) is 0 Å². The highest BCUT2D eigenvalue weighted by Gasteiger charge is 2.30. The SMILES string of the molecule is Oc1c(I)cc(I)cc1C1SC=Cc2cc3cc4oc5ccccc5c4sc-3c21. The summed E-state index contributed by atoms with van der Waals surface area (Å²) in [6.45, 7) is 0. The van der Waals surface area contributed by atoms with E-state index in [0.717, 1.165) is 29.3 Å². The van der Waals surface area contributed by atoms with E-state index >= 15 is 0 Å². The lowest BCUT2D eigenvalue weighted by Gasteiger charge is -2.22. The zero-order valence-corrected chi connectivity index (χ0v) is 20.7. The van der Waals surface area contributed by atoms with Crippen molar-refractivity contribution in [1.82, 2.24) is 0 Å². The van der Waals surface area contributed by atoms with Crippen LogP contribution in [0.25, 0.3) is 37.8 Å². The normalized spacial score (nSPS) is 16.1. The fourth-order valence-corrected chi connectivity index (χ4v) is 8.31. The molecule has 2 aromatic carbocycles. The maximum Gasteiger partial charge on any atom is 0.146 e. The van der Waals surface area contributed by atoms with Crippen LogP contribution in [0.5, 0.6) is 5.75 Å². The Kier molecular flexibility index (Phi) is 4.41. The van der Waals surface area contributed by atoms with Crippen LogP contribution < -0.4 is 0 Å². The zero-order valence-electron chi connectivity index (χ0n) is 14.8. The van der Waals surface area contributed by atoms with Gasteiger partial charge in [-0.3, -0.25) is 0 Å². The third kappa shape index (κ3) is 2.86. The van der Waals surface area contributed by atoms with Crippen molar-refractivity contribution in [1.29, 1.82) is 0 Å². The second-order valence-electron chi connectivity index (χ2n) is 6.98. The van der Waals surface area contributed by atoms with E-state index in [1.807, 2.05) is 18.2 Å². The number of fused-ring (bicyclic) bond motifs is 6. The number of hydrogen-bond donors (Lipinski definition) is 1. The monoisotopic (exact) mass is 638 g/mol. The largest absolute Gasteiger partial charge is 0.507 e. The molecule has 1 N–H and O–H groups in total. The molecule has 0 fully saturated rings. The molecular formula is C23H12I2O2S2. The Hall–Kier alpha value is -1.23. The Labute approximate surface area is 202 Å². The number of furan rings is 1. The quantitative estimate of drug-likeness (QED) is 0.187. The highest BCUT2D eigenvalue weighted by molar-refractivity contribution is 14.1. The smallest absolute Gasteiger partial charge is 0.146 e. The van der Waals surface area contributed by atoms with Crippen LogP contribution in [-0.4, -0.2) is 5.11 Å². The number of benzene rings is 2. The predicted octanol–water partition coefficient (Wildman–Crippen LogP) is 8.47. The average molecular weight is 638 g/mol. The molecule has 1 aliphatic carbocycles. The number of phenols is 1. The molecule has 1 aromatic heterocycles. The van der Waals surface area contributed by atoms with Crippen molar-refractivity contribution in [3.63, 3.8) is 0 Å². The van der Waals surface area contributed by atoms with Crippen molar-refractivity contribution in [3.05, 3.63) is 77.8 Å². The molecule has 1 atom stereocenters. The van der Waals surface area contributed by atoms with E-state index in [1.165, 1.54) is 26.3 Å². The van der Waals surface area contributed by atoms with Crippen molar-refractivity contribution in [3.8, 4) is 16.2 Å². The summed E-state index contributed by atoms with van der Waals surface area (Å²) >= 11 is 8.10. The molecule has 3 aliphatic rings. The van der Waals surface area contributed by atoms with E-state index in [-0.39, 0.29) is 5.25 Å². The van der Waals surface area contributed by atoms with Gasteiger partial charge in [-0.25, -0.2) is 0 Å². The second-order valence-corrected chi connectivity index (χ2v) is 11.4. The summed E-state index contributed by atoms with van der Waals surface area (Å²) < 4.78 is 9.31. The van der Waals surface area contributed by atoms with Gasteiger partial charge < -0.3 is 9.52 Å². The number of halogens is 2. The lowest BCUT2D eigenvalue weighted by atomic mass is 10.0. The van der Waals surface area contributed by atoms with Crippen molar-refractivity contribution in [2.45, 2.75) is 5.25 Å². The molecule has 0 saturated heterocycles. The van der Waals surface area contributed by atoms with Gasteiger partial charge in [0.1, 0.15) is 16.9 Å². The summed E-state index contributed by atoms with van der Waals surface area (Å²) in [6, 6.07) is 16.7. The number of aromatic hydroxyl groups is 1. The lowest BCUT2D eigenvalue weighted by Crippen LogP contribution is -2.02. The van der Waals surface area contributed by atoms with E-state index in [9.17, 15) is 5.11 Å². The first-order valence-electron chi connectivity index (χ1n) is 8.98. The fraction of sp³-hybridized carbons (Fsp3) is 0.0435. The molecule has 0 radical (unpaired) electrons. The first-order chi connectivity index (χ1) is 14.1. The summed E-state index contributed by atoms with van der Waals surface area (Å²) in [4.78, 5) is 1.27. The van der Waals surface area contributed by atoms with Gasteiger partial charge in [0.05, 0.1) is 13.5 Å². The minimum Gasteiger partial charge on any atom is -0.507 e. The molecule has 0 saturated carbocycles. The first kappa shape index (κ1) is 18.5. The molecule has 0 bridgehead atoms. The van der Waals surface area contributed by atoms with Gasteiger partial charge >= 0.3 is 0 Å². The van der Waals surface area contributed by atoms with Crippen LogP contribution in [0.3, 0.4) is 0 Å². The zero-order chi connectivity index (χ0) is 19.7. The summed E-state index contributed by atoms with van der Waals surface area (Å²) in [7, 11) is 0.